The summed E-state index contributed by atoms with van der Waals surface area (Å²) in [7, 11) is -3.33. The molecule has 1 aliphatic carbocycles. The largest absolute Gasteiger partial charge is 0.376 e. The van der Waals surface area contributed by atoms with Gasteiger partial charge >= 0.3 is 0 Å². The Labute approximate surface area is 168 Å². The van der Waals surface area contributed by atoms with E-state index in [1.54, 1.807) is 11.8 Å². The van der Waals surface area contributed by atoms with Crippen LogP contribution in [0, 0.1) is 0 Å². The second-order valence-corrected chi connectivity index (χ2v) is 9.92. The molecular weight excluding hydrogens is 376 g/mol. The smallest absolute Gasteiger partial charge is 0.219 e. The van der Waals surface area contributed by atoms with Gasteiger partial charge in [0.15, 0.2) is 0 Å². The molecular formula is C21H32N2O4S. The van der Waals surface area contributed by atoms with E-state index in [9.17, 15) is 13.2 Å². The molecule has 1 saturated carbocycles. The van der Waals surface area contributed by atoms with Gasteiger partial charge in [0.25, 0.3) is 0 Å². The van der Waals surface area contributed by atoms with Gasteiger partial charge in [-0.3, -0.25) is 4.79 Å². The summed E-state index contributed by atoms with van der Waals surface area (Å²) in [4.78, 5) is 13.8. The first-order valence-electron chi connectivity index (χ1n) is 10.2. The van der Waals surface area contributed by atoms with Crippen LogP contribution in [0.4, 0.5) is 0 Å². The molecule has 7 heteroatoms. The number of sulfonamides is 1. The molecule has 0 radical (unpaired) electrons. The Morgan fingerprint density at radius 2 is 1.82 bits per heavy atom. The van der Waals surface area contributed by atoms with Crippen LogP contribution in [0.15, 0.2) is 30.3 Å². The van der Waals surface area contributed by atoms with Crippen molar-refractivity contribution in [1.29, 1.82) is 0 Å². The summed E-state index contributed by atoms with van der Waals surface area (Å²) >= 11 is 0. The molecule has 1 aliphatic heterocycles. The number of hydrogen-bond acceptors (Lipinski definition) is 4. The van der Waals surface area contributed by atoms with Gasteiger partial charge in [-0.1, -0.05) is 30.3 Å². The van der Waals surface area contributed by atoms with Gasteiger partial charge in [-0.25, -0.2) is 13.1 Å². The first kappa shape index (κ1) is 21.3. The maximum absolute atomic E-state index is 12.1. The van der Waals surface area contributed by atoms with Gasteiger partial charge in [0.2, 0.25) is 15.9 Å². The monoisotopic (exact) mass is 408 g/mol. The molecule has 28 heavy (non-hydrogen) atoms. The van der Waals surface area contributed by atoms with Crippen LogP contribution in [0.1, 0.15) is 56.9 Å². The van der Waals surface area contributed by atoms with E-state index < -0.39 is 10.0 Å². The number of hydrogen-bond donors (Lipinski definition) is 1. The van der Waals surface area contributed by atoms with E-state index in [1.807, 2.05) is 6.07 Å². The van der Waals surface area contributed by atoms with Gasteiger partial charge in [-0.2, -0.15) is 0 Å². The standard InChI is InChI=1S/C21H32N2O4S/c1-16(24)23-14-6-9-20(22-28(2,25)26)21(23)15-27-19-12-10-18(11-13-19)17-7-4-3-5-8-17/h3-5,7-8,18-22H,6,9-15H2,1-2H3/t18?,19?,20-,21?/m0/s1. The van der Waals surface area contributed by atoms with Gasteiger partial charge in [-0.05, 0) is 50.0 Å². The number of benzene rings is 1. The van der Waals surface area contributed by atoms with Crippen LogP contribution in [0.2, 0.25) is 0 Å². The zero-order valence-corrected chi connectivity index (χ0v) is 17.7. The lowest BCUT2D eigenvalue weighted by atomic mass is 9.83. The van der Waals surface area contributed by atoms with Crippen molar-refractivity contribution in [3.05, 3.63) is 35.9 Å². The fourth-order valence-corrected chi connectivity index (χ4v) is 5.41. The third-order valence-corrected chi connectivity index (χ3v) is 6.73. The predicted molar refractivity (Wildman–Crippen MR) is 110 cm³/mol. The molecule has 2 atom stereocenters. The third-order valence-electron chi connectivity index (χ3n) is 6.00. The topological polar surface area (TPSA) is 75.7 Å². The normalized spacial score (nSPS) is 28.9. The summed E-state index contributed by atoms with van der Waals surface area (Å²) in [5, 5.41) is 0. The predicted octanol–water partition coefficient (Wildman–Crippen LogP) is 2.66. The minimum Gasteiger partial charge on any atom is -0.376 e. The van der Waals surface area contributed by atoms with E-state index in [-0.39, 0.29) is 24.1 Å². The van der Waals surface area contributed by atoms with Crippen molar-refractivity contribution in [3.8, 4) is 0 Å². The highest BCUT2D eigenvalue weighted by molar-refractivity contribution is 7.88. The molecule has 0 spiro atoms. The minimum atomic E-state index is -3.33. The number of nitrogens with one attached hydrogen (secondary N) is 1. The number of ether oxygens (including phenoxy) is 1. The minimum absolute atomic E-state index is 0.0265. The molecule has 6 nitrogen and oxygen atoms in total. The molecule has 1 saturated heterocycles. The third kappa shape index (κ3) is 5.78. The highest BCUT2D eigenvalue weighted by atomic mass is 32.2. The van der Waals surface area contributed by atoms with E-state index in [2.05, 4.69) is 29.0 Å². The number of likely N-dealkylation sites (tertiary alicyclic amines) is 1. The summed E-state index contributed by atoms with van der Waals surface area (Å²) in [5.74, 6) is 0.561. The van der Waals surface area contributed by atoms with Crippen LogP contribution in [0.5, 0.6) is 0 Å². The van der Waals surface area contributed by atoms with Crippen molar-refractivity contribution in [2.24, 2.45) is 0 Å². The Balaban J connectivity index is 1.57. The maximum atomic E-state index is 12.1. The van der Waals surface area contributed by atoms with Crippen LogP contribution in [0.25, 0.3) is 0 Å². The van der Waals surface area contributed by atoms with Crippen molar-refractivity contribution in [2.45, 2.75) is 69.6 Å². The van der Waals surface area contributed by atoms with Crippen molar-refractivity contribution in [3.63, 3.8) is 0 Å². The lowest BCUT2D eigenvalue weighted by Gasteiger charge is -2.41. The molecule has 1 unspecified atom stereocenters. The van der Waals surface area contributed by atoms with Crippen molar-refractivity contribution < 1.29 is 17.9 Å². The molecule has 1 N–H and O–H groups in total. The van der Waals surface area contributed by atoms with Crippen LogP contribution < -0.4 is 4.72 Å². The molecule has 0 aromatic heterocycles. The highest BCUT2D eigenvalue weighted by Crippen LogP contribution is 2.34. The second kappa shape index (κ2) is 9.37. The fraction of sp³-hybridized carbons (Fsp3) is 0.667. The Hall–Kier alpha value is -1.44. The quantitative estimate of drug-likeness (QED) is 0.785. The molecule has 156 valence electrons. The number of carbonyl (C=O) groups is 1. The molecule has 2 aliphatic rings. The van der Waals surface area contributed by atoms with Gasteiger partial charge in [0, 0.05) is 19.5 Å². The lowest BCUT2D eigenvalue weighted by molar-refractivity contribution is -0.136. The first-order chi connectivity index (χ1) is 13.3. The summed E-state index contributed by atoms with van der Waals surface area (Å²) in [6.07, 6.45) is 7.06. The van der Waals surface area contributed by atoms with Crippen molar-refractivity contribution in [1.82, 2.24) is 9.62 Å². The average Bonchev–Trinajstić information content (AvgIpc) is 2.66. The van der Waals surface area contributed by atoms with Gasteiger partial charge < -0.3 is 9.64 Å². The Morgan fingerprint density at radius 3 is 2.43 bits per heavy atom. The summed E-state index contributed by atoms with van der Waals surface area (Å²) in [6.45, 7) is 2.58. The van der Waals surface area contributed by atoms with E-state index in [1.165, 1.54) is 11.8 Å². The highest BCUT2D eigenvalue weighted by Gasteiger charge is 2.35. The molecule has 1 aromatic rings. The number of carbonyl (C=O) groups excluding carboxylic acids is 1. The van der Waals surface area contributed by atoms with Crippen LogP contribution in [0.3, 0.4) is 0 Å². The SMILES string of the molecule is CC(=O)N1CCC[C@H](NS(C)(=O)=O)C1COC1CCC(c2ccccc2)CC1. The second-order valence-electron chi connectivity index (χ2n) is 8.14. The molecule has 0 bridgehead atoms. The van der Waals surface area contributed by atoms with E-state index in [4.69, 9.17) is 4.74 Å². The van der Waals surface area contributed by atoms with Gasteiger partial charge in [0.05, 0.1) is 25.0 Å². The molecule has 1 aromatic carbocycles. The number of rotatable bonds is 6. The van der Waals surface area contributed by atoms with Crippen molar-refractivity contribution >= 4 is 15.9 Å². The van der Waals surface area contributed by atoms with Crippen LogP contribution in [-0.2, 0) is 19.6 Å². The first-order valence-corrected chi connectivity index (χ1v) is 12.1. The average molecular weight is 409 g/mol. The fourth-order valence-electron chi connectivity index (χ4n) is 4.59. The summed E-state index contributed by atoms with van der Waals surface area (Å²) < 4.78 is 32.4. The van der Waals surface area contributed by atoms with E-state index in [0.29, 0.717) is 19.1 Å². The Kier molecular flexibility index (Phi) is 7.12. The van der Waals surface area contributed by atoms with E-state index in [0.717, 1.165) is 38.5 Å². The molecule has 1 amide bonds. The van der Waals surface area contributed by atoms with Gasteiger partial charge in [0.1, 0.15) is 0 Å². The van der Waals surface area contributed by atoms with Crippen LogP contribution in [-0.4, -0.2) is 56.8 Å². The Morgan fingerprint density at radius 1 is 1.14 bits per heavy atom. The van der Waals surface area contributed by atoms with Gasteiger partial charge in [-0.15, -0.1) is 0 Å². The number of piperidine rings is 1. The van der Waals surface area contributed by atoms with E-state index >= 15 is 0 Å². The molecule has 2 fully saturated rings. The lowest BCUT2D eigenvalue weighted by Crippen LogP contribution is -2.58. The molecule has 3 rings (SSSR count). The zero-order chi connectivity index (χ0) is 20.1. The summed E-state index contributed by atoms with van der Waals surface area (Å²) in [6, 6.07) is 10.1. The van der Waals surface area contributed by atoms with Crippen LogP contribution >= 0.6 is 0 Å². The zero-order valence-electron chi connectivity index (χ0n) is 16.8. The number of amides is 1. The van der Waals surface area contributed by atoms with Crippen molar-refractivity contribution in [2.75, 3.05) is 19.4 Å². The molecule has 1 heterocycles. The Bertz CT molecular complexity index is 745. The summed E-state index contributed by atoms with van der Waals surface area (Å²) in [5.41, 5.74) is 1.40. The number of nitrogens with zero attached hydrogens (tertiary/aromatic N) is 1. The maximum Gasteiger partial charge on any atom is 0.219 e.